The fraction of sp³-hybridized carbons (Fsp3) is 0.611. The van der Waals surface area contributed by atoms with Crippen LogP contribution in [0.25, 0.3) is 0 Å². The third-order valence-corrected chi connectivity index (χ3v) is 5.23. The summed E-state index contributed by atoms with van der Waals surface area (Å²) >= 11 is 6.26. The van der Waals surface area contributed by atoms with E-state index in [4.69, 9.17) is 21.1 Å². The summed E-state index contributed by atoms with van der Waals surface area (Å²) in [5, 5.41) is 6.97. The van der Waals surface area contributed by atoms with Gasteiger partial charge in [0, 0.05) is 25.4 Å². The maximum Gasteiger partial charge on any atom is 0.191 e. The molecule has 0 fully saturated rings. The summed E-state index contributed by atoms with van der Waals surface area (Å²) in [7, 11) is -2.97. The molecule has 0 saturated heterocycles. The molecule has 152 valence electrons. The number of halogens is 1. The standard InChI is InChI=1S/C18H28ClN3O4S/c1-4-20-18(22-13(2)6-10-27(3,23)24)21-7-5-14-11-15(19)17-16(12-14)25-8-9-26-17/h11-13H,4-10H2,1-3H3,(H2,20,21,22). The van der Waals surface area contributed by atoms with E-state index in [0.29, 0.717) is 55.1 Å². The molecule has 0 bridgehead atoms. The molecule has 27 heavy (non-hydrogen) atoms. The van der Waals surface area contributed by atoms with Gasteiger partial charge in [0.05, 0.1) is 10.8 Å². The summed E-state index contributed by atoms with van der Waals surface area (Å²) in [6.45, 7) is 6.23. The lowest BCUT2D eigenvalue weighted by Gasteiger charge is -2.20. The van der Waals surface area contributed by atoms with Crippen molar-refractivity contribution in [1.82, 2.24) is 10.6 Å². The number of ether oxygens (including phenoxy) is 2. The SMILES string of the molecule is CCNC(=NCCc1cc(Cl)c2c(c1)OCCO2)NC(C)CCS(C)(=O)=O. The van der Waals surface area contributed by atoms with E-state index in [-0.39, 0.29) is 11.8 Å². The van der Waals surface area contributed by atoms with Crippen LogP contribution in [-0.4, -0.2) is 58.7 Å². The Balaban J connectivity index is 1.93. The highest BCUT2D eigenvalue weighted by molar-refractivity contribution is 7.90. The highest BCUT2D eigenvalue weighted by Gasteiger charge is 2.16. The van der Waals surface area contributed by atoms with Crippen LogP contribution < -0.4 is 20.1 Å². The van der Waals surface area contributed by atoms with Crippen LogP contribution in [0.15, 0.2) is 17.1 Å². The van der Waals surface area contributed by atoms with Gasteiger partial charge in [-0.05, 0) is 44.4 Å². The second-order valence-corrected chi connectivity index (χ2v) is 9.24. The number of benzene rings is 1. The maximum atomic E-state index is 11.3. The molecule has 0 amide bonds. The molecular weight excluding hydrogens is 390 g/mol. The Morgan fingerprint density at radius 1 is 1.33 bits per heavy atom. The van der Waals surface area contributed by atoms with Crippen molar-refractivity contribution in [2.24, 2.45) is 4.99 Å². The monoisotopic (exact) mass is 417 g/mol. The average Bonchev–Trinajstić information content (AvgIpc) is 2.60. The van der Waals surface area contributed by atoms with Gasteiger partial charge in [-0.25, -0.2) is 8.42 Å². The Hall–Kier alpha value is -1.67. The molecule has 2 N–H and O–H groups in total. The Morgan fingerprint density at radius 3 is 2.78 bits per heavy atom. The molecular formula is C18H28ClN3O4S. The van der Waals surface area contributed by atoms with E-state index >= 15 is 0 Å². The molecule has 0 spiro atoms. The molecule has 2 rings (SSSR count). The Bertz CT molecular complexity index is 768. The largest absolute Gasteiger partial charge is 0.486 e. The number of nitrogens with zero attached hydrogens (tertiary/aromatic N) is 1. The van der Waals surface area contributed by atoms with Gasteiger partial charge >= 0.3 is 0 Å². The molecule has 1 aliphatic heterocycles. The fourth-order valence-electron chi connectivity index (χ4n) is 2.62. The number of hydrogen-bond acceptors (Lipinski definition) is 5. The Kier molecular flexibility index (Phi) is 8.04. The highest BCUT2D eigenvalue weighted by Crippen LogP contribution is 2.38. The Morgan fingerprint density at radius 2 is 2.07 bits per heavy atom. The van der Waals surface area contributed by atoms with E-state index < -0.39 is 9.84 Å². The van der Waals surface area contributed by atoms with Crippen molar-refractivity contribution in [2.75, 3.05) is 38.3 Å². The van der Waals surface area contributed by atoms with Gasteiger partial charge in [0.1, 0.15) is 23.1 Å². The van der Waals surface area contributed by atoms with Gasteiger partial charge in [-0.2, -0.15) is 0 Å². The van der Waals surface area contributed by atoms with E-state index in [0.717, 1.165) is 12.1 Å². The molecule has 0 saturated carbocycles. The molecule has 1 aliphatic rings. The fourth-order valence-corrected chi connectivity index (χ4v) is 3.69. The minimum Gasteiger partial charge on any atom is -0.486 e. The minimum absolute atomic E-state index is 0.00117. The van der Waals surface area contributed by atoms with Crippen molar-refractivity contribution in [2.45, 2.75) is 32.7 Å². The van der Waals surface area contributed by atoms with Crippen molar-refractivity contribution in [3.05, 3.63) is 22.7 Å². The zero-order valence-corrected chi connectivity index (χ0v) is 17.6. The molecule has 0 aromatic heterocycles. The summed E-state index contributed by atoms with van der Waals surface area (Å²) in [6.07, 6.45) is 2.48. The first-order valence-electron chi connectivity index (χ1n) is 9.09. The zero-order valence-electron chi connectivity index (χ0n) is 16.0. The predicted octanol–water partition coefficient (Wildman–Crippen LogP) is 2.03. The summed E-state index contributed by atoms with van der Waals surface area (Å²) in [6, 6.07) is 3.81. The number of rotatable bonds is 8. The quantitative estimate of drug-likeness (QED) is 0.497. The molecule has 0 radical (unpaired) electrons. The van der Waals surface area contributed by atoms with Crippen molar-refractivity contribution >= 4 is 27.4 Å². The van der Waals surface area contributed by atoms with Crippen LogP contribution in [-0.2, 0) is 16.3 Å². The second-order valence-electron chi connectivity index (χ2n) is 6.58. The minimum atomic E-state index is -2.97. The maximum absolute atomic E-state index is 11.3. The number of guanidine groups is 1. The van der Waals surface area contributed by atoms with Crippen LogP contribution in [0.5, 0.6) is 11.5 Å². The molecule has 9 heteroatoms. The molecule has 7 nitrogen and oxygen atoms in total. The van der Waals surface area contributed by atoms with Gasteiger partial charge in [-0.1, -0.05) is 11.6 Å². The Labute approximate surface area is 166 Å². The molecule has 0 aliphatic carbocycles. The van der Waals surface area contributed by atoms with Crippen molar-refractivity contribution < 1.29 is 17.9 Å². The topological polar surface area (TPSA) is 89.0 Å². The molecule has 1 unspecified atom stereocenters. The average molecular weight is 418 g/mol. The van der Waals surface area contributed by atoms with Gasteiger partial charge in [-0.3, -0.25) is 4.99 Å². The van der Waals surface area contributed by atoms with Crippen LogP contribution >= 0.6 is 11.6 Å². The first kappa shape index (κ1) is 21.6. The van der Waals surface area contributed by atoms with E-state index in [9.17, 15) is 8.42 Å². The van der Waals surface area contributed by atoms with Gasteiger partial charge in [0.2, 0.25) is 0 Å². The lowest BCUT2D eigenvalue weighted by atomic mass is 10.1. The van der Waals surface area contributed by atoms with E-state index in [1.807, 2.05) is 26.0 Å². The lowest BCUT2D eigenvalue weighted by molar-refractivity contribution is 0.171. The summed E-state index contributed by atoms with van der Waals surface area (Å²) in [5.41, 5.74) is 1.02. The van der Waals surface area contributed by atoms with E-state index in [1.165, 1.54) is 6.26 Å². The van der Waals surface area contributed by atoms with Crippen LogP contribution in [0, 0.1) is 0 Å². The number of nitrogens with one attached hydrogen (secondary N) is 2. The van der Waals surface area contributed by atoms with Crippen LogP contribution in [0.3, 0.4) is 0 Å². The number of fused-ring (bicyclic) bond motifs is 1. The van der Waals surface area contributed by atoms with E-state index in [2.05, 4.69) is 15.6 Å². The normalized spacial score (nSPS) is 15.3. The number of aliphatic imine (C=N–C) groups is 1. The summed E-state index contributed by atoms with van der Waals surface area (Å²) in [5.74, 6) is 2.09. The van der Waals surface area contributed by atoms with Crippen molar-refractivity contribution in [1.29, 1.82) is 0 Å². The first-order valence-corrected chi connectivity index (χ1v) is 11.5. The summed E-state index contributed by atoms with van der Waals surface area (Å²) in [4.78, 5) is 4.56. The van der Waals surface area contributed by atoms with Gasteiger partial charge < -0.3 is 20.1 Å². The summed E-state index contributed by atoms with van der Waals surface area (Å²) < 4.78 is 33.7. The lowest BCUT2D eigenvalue weighted by Crippen LogP contribution is -2.43. The molecule has 1 heterocycles. The van der Waals surface area contributed by atoms with E-state index in [1.54, 1.807) is 0 Å². The first-order chi connectivity index (χ1) is 12.8. The molecule has 1 aromatic carbocycles. The zero-order chi connectivity index (χ0) is 19.9. The number of hydrogen-bond donors (Lipinski definition) is 2. The third-order valence-electron chi connectivity index (χ3n) is 3.98. The van der Waals surface area contributed by atoms with Crippen molar-refractivity contribution in [3.63, 3.8) is 0 Å². The van der Waals surface area contributed by atoms with Crippen molar-refractivity contribution in [3.8, 4) is 11.5 Å². The van der Waals surface area contributed by atoms with Crippen LogP contribution in [0.1, 0.15) is 25.8 Å². The molecule has 1 aromatic rings. The predicted molar refractivity (Wildman–Crippen MR) is 109 cm³/mol. The third kappa shape index (κ3) is 7.46. The number of sulfone groups is 1. The van der Waals surface area contributed by atoms with Crippen LogP contribution in [0.4, 0.5) is 0 Å². The second kappa shape index (κ2) is 10.0. The van der Waals surface area contributed by atoms with Crippen LogP contribution in [0.2, 0.25) is 5.02 Å². The molecule has 1 atom stereocenters. The highest BCUT2D eigenvalue weighted by atomic mass is 35.5. The van der Waals surface area contributed by atoms with Gasteiger partial charge in [0.25, 0.3) is 0 Å². The smallest absolute Gasteiger partial charge is 0.191 e. The van der Waals surface area contributed by atoms with Gasteiger partial charge in [0.15, 0.2) is 17.5 Å². The van der Waals surface area contributed by atoms with Gasteiger partial charge in [-0.15, -0.1) is 0 Å².